The van der Waals surface area contributed by atoms with E-state index in [4.69, 9.17) is 11.6 Å². The summed E-state index contributed by atoms with van der Waals surface area (Å²) in [5.41, 5.74) is 1.47. The molecule has 0 saturated heterocycles. The van der Waals surface area contributed by atoms with E-state index in [0.29, 0.717) is 22.0 Å². The van der Waals surface area contributed by atoms with Gasteiger partial charge in [0.05, 0.1) is 10.7 Å². The molecule has 2 rings (SSSR count). The third kappa shape index (κ3) is 5.52. The highest BCUT2D eigenvalue weighted by molar-refractivity contribution is 6.34. The standard InChI is InChI=1S/C19H19ClF2N2O2/c1-11(2)19(26)24-17-7-5-13(10-14(17)20)23-18(25)8-4-12-3-6-15(21)16(22)9-12/h3,5-7,9-11H,4,8H2,1-2H3,(H,23,25)(H,24,26). The van der Waals surface area contributed by atoms with Crippen molar-refractivity contribution in [1.82, 2.24) is 0 Å². The molecular formula is C19H19ClF2N2O2. The first kappa shape index (κ1) is 19.8. The third-order valence-corrected chi connectivity index (χ3v) is 3.97. The number of halogens is 3. The van der Waals surface area contributed by atoms with Crippen molar-refractivity contribution < 1.29 is 18.4 Å². The molecule has 0 saturated carbocycles. The molecule has 0 aliphatic carbocycles. The van der Waals surface area contributed by atoms with Crippen LogP contribution in [0.5, 0.6) is 0 Å². The molecule has 0 radical (unpaired) electrons. The Hall–Kier alpha value is -2.47. The van der Waals surface area contributed by atoms with Gasteiger partial charge < -0.3 is 10.6 Å². The molecule has 0 unspecified atom stereocenters. The number of rotatable bonds is 6. The molecule has 138 valence electrons. The van der Waals surface area contributed by atoms with E-state index in [1.165, 1.54) is 12.1 Å². The second-order valence-electron chi connectivity index (χ2n) is 6.14. The van der Waals surface area contributed by atoms with E-state index in [2.05, 4.69) is 10.6 Å². The Morgan fingerprint density at radius 3 is 2.38 bits per heavy atom. The van der Waals surface area contributed by atoms with Gasteiger partial charge in [0, 0.05) is 18.0 Å². The Bertz CT molecular complexity index is 825. The summed E-state index contributed by atoms with van der Waals surface area (Å²) >= 11 is 6.12. The molecule has 0 aromatic heterocycles. The van der Waals surface area contributed by atoms with E-state index in [1.54, 1.807) is 26.0 Å². The Kier molecular flexibility index (Phi) is 6.69. The lowest BCUT2D eigenvalue weighted by Crippen LogP contribution is -2.18. The largest absolute Gasteiger partial charge is 0.326 e. The van der Waals surface area contributed by atoms with Gasteiger partial charge >= 0.3 is 0 Å². The van der Waals surface area contributed by atoms with Crippen molar-refractivity contribution in [2.45, 2.75) is 26.7 Å². The second-order valence-corrected chi connectivity index (χ2v) is 6.54. The van der Waals surface area contributed by atoms with Crippen molar-refractivity contribution in [3.8, 4) is 0 Å². The Balaban J connectivity index is 1.93. The third-order valence-electron chi connectivity index (χ3n) is 3.66. The number of amides is 2. The van der Waals surface area contributed by atoms with E-state index >= 15 is 0 Å². The summed E-state index contributed by atoms with van der Waals surface area (Å²) in [6.07, 6.45) is 0.383. The van der Waals surface area contributed by atoms with Gasteiger partial charge in [0.25, 0.3) is 0 Å². The van der Waals surface area contributed by atoms with Crippen LogP contribution in [0.4, 0.5) is 20.2 Å². The Labute approximate surface area is 155 Å². The summed E-state index contributed by atoms with van der Waals surface area (Å²) in [5.74, 6) is -2.48. The van der Waals surface area contributed by atoms with Gasteiger partial charge in [-0.15, -0.1) is 0 Å². The summed E-state index contributed by atoms with van der Waals surface area (Å²) in [5, 5.41) is 5.68. The van der Waals surface area contributed by atoms with Gasteiger partial charge in [0.15, 0.2) is 11.6 Å². The summed E-state index contributed by atoms with van der Waals surface area (Å²) < 4.78 is 26.0. The quantitative estimate of drug-likeness (QED) is 0.757. The monoisotopic (exact) mass is 380 g/mol. The highest BCUT2D eigenvalue weighted by atomic mass is 35.5. The molecule has 0 aliphatic heterocycles. The number of benzene rings is 2. The number of hydrogen-bond donors (Lipinski definition) is 2. The van der Waals surface area contributed by atoms with Crippen LogP contribution >= 0.6 is 11.6 Å². The summed E-state index contributed by atoms with van der Waals surface area (Å²) in [7, 11) is 0. The van der Waals surface area contributed by atoms with Gasteiger partial charge in [0.1, 0.15) is 0 Å². The van der Waals surface area contributed by atoms with Crippen LogP contribution in [0.3, 0.4) is 0 Å². The first-order valence-corrected chi connectivity index (χ1v) is 8.48. The average molecular weight is 381 g/mol. The molecule has 0 spiro atoms. The van der Waals surface area contributed by atoms with Gasteiger partial charge in [-0.1, -0.05) is 31.5 Å². The predicted octanol–water partition coefficient (Wildman–Crippen LogP) is 4.78. The van der Waals surface area contributed by atoms with E-state index in [1.807, 2.05) is 0 Å². The maximum Gasteiger partial charge on any atom is 0.226 e. The molecule has 4 nitrogen and oxygen atoms in total. The molecule has 2 N–H and O–H groups in total. The molecule has 0 bridgehead atoms. The highest BCUT2D eigenvalue weighted by Gasteiger charge is 2.11. The number of anilines is 2. The summed E-state index contributed by atoms with van der Waals surface area (Å²) in [6.45, 7) is 3.54. The topological polar surface area (TPSA) is 58.2 Å². The summed E-state index contributed by atoms with van der Waals surface area (Å²) in [4.78, 5) is 23.7. The van der Waals surface area contributed by atoms with Gasteiger partial charge in [0.2, 0.25) is 11.8 Å². The predicted molar refractivity (Wildman–Crippen MR) is 98.2 cm³/mol. The number of nitrogens with one attached hydrogen (secondary N) is 2. The Morgan fingerprint density at radius 1 is 1.04 bits per heavy atom. The normalized spacial score (nSPS) is 10.7. The molecule has 7 heteroatoms. The lowest BCUT2D eigenvalue weighted by molar-refractivity contribution is -0.119. The first-order chi connectivity index (χ1) is 12.3. The van der Waals surface area contributed by atoms with E-state index < -0.39 is 11.6 Å². The van der Waals surface area contributed by atoms with E-state index in [9.17, 15) is 18.4 Å². The van der Waals surface area contributed by atoms with Gasteiger partial charge in [-0.05, 0) is 42.3 Å². The zero-order chi connectivity index (χ0) is 19.3. The molecule has 2 amide bonds. The van der Waals surface area contributed by atoms with Crippen molar-refractivity contribution in [2.75, 3.05) is 10.6 Å². The molecule has 2 aromatic carbocycles. The van der Waals surface area contributed by atoms with E-state index in [0.717, 1.165) is 12.1 Å². The second kappa shape index (κ2) is 8.76. The van der Waals surface area contributed by atoms with Crippen LogP contribution in [0.15, 0.2) is 36.4 Å². The van der Waals surface area contributed by atoms with Gasteiger partial charge in [-0.3, -0.25) is 9.59 Å². The maximum atomic E-state index is 13.2. The first-order valence-electron chi connectivity index (χ1n) is 8.10. The minimum Gasteiger partial charge on any atom is -0.326 e. The summed E-state index contributed by atoms with van der Waals surface area (Å²) in [6, 6.07) is 8.31. The fourth-order valence-electron chi connectivity index (χ4n) is 2.15. The average Bonchev–Trinajstić information content (AvgIpc) is 2.58. The SMILES string of the molecule is CC(C)C(=O)Nc1ccc(NC(=O)CCc2ccc(F)c(F)c2)cc1Cl. The van der Waals surface area contributed by atoms with Crippen LogP contribution in [0, 0.1) is 17.6 Å². The van der Waals surface area contributed by atoms with Crippen molar-refractivity contribution in [1.29, 1.82) is 0 Å². The lowest BCUT2D eigenvalue weighted by atomic mass is 10.1. The van der Waals surface area contributed by atoms with Gasteiger partial charge in [-0.25, -0.2) is 8.78 Å². The van der Waals surface area contributed by atoms with Crippen LogP contribution in [0.25, 0.3) is 0 Å². The lowest BCUT2D eigenvalue weighted by Gasteiger charge is -2.11. The molecule has 0 atom stereocenters. The minimum atomic E-state index is -0.936. The van der Waals surface area contributed by atoms with Crippen LogP contribution in [-0.4, -0.2) is 11.8 Å². The molecular weight excluding hydrogens is 362 g/mol. The van der Waals surface area contributed by atoms with Crippen molar-refractivity contribution in [2.24, 2.45) is 5.92 Å². The number of hydrogen-bond acceptors (Lipinski definition) is 2. The van der Waals surface area contributed by atoms with Crippen LogP contribution < -0.4 is 10.6 Å². The highest BCUT2D eigenvalue weighted by Crippen LogP contribution is 2.26. The Morgan fingerprint density at radius 2 is 1.77 bits per heavy atom. The molecule has 0 heterocycles. The zero-order valence-corrected chi connectivity index (χ0v) is 15.2. The number of aryl methyl sites for hydroxylation is 1. The fraction of sp³-hybridized carbons (Fsp3) is 0.263. The zero-order valence-electron chi connectivity index (χ0n) is 14.4. The fourth-order valence-corrected chi connectivity index (χ4v) is 2.38. The van der Waals surface area contributed by atoms with Gasteiger partial charge in [-0.2, -0.15) is 0 Å². The van der Waals surface area contributed by atoms with Crippen LogP contribution in [-0.2, 0) is 16.0 Å². The van der Waals surface area contributed by atoms with E-state index in [-0.39, 0.29) is 30.6 Å². The molecule has 26 heavy (non-hydrogen) atoms. The number of carbonyl (C=O) groups excluding carboxylic acids is 2. The molecule has 2 aromatic rings. The molecule has 0 fully saturated rings. The van der Waals surface area contributed by atoms with Crippen molar-refractivity contribution >= 4 is 34.8 Å². The van der Waals surface area contributed by atoms with Crippen LogP contribution in [0.2, 0.25) is 5.02 Å². The van der Waals surface area contributed by atoms with Crippen molar-refractivity contribution in [3.05, 3.63) is 58.6 Å². The number of carbonyl (C=O) groups is 2. The maximum absolute atomic E-state index is 13.2. The van der Waals surface area contributed by atoms with Crippen LogP contribution in [0.1, 0.15) is 25.8 Å². The van der Waals surface area contributed by atoms with Crippen molar-refractivity contribution in [3.63, 3.8) is 0 Å². The smallest absolute Gasteiger partial charge is 0.226 e. The molecule has 0 aliphatic rings. The minimum absolute atomic E-state index is 0.106.